The molecule has 3 N–H and O–H groups in total. The molecule has 6 nitrogen and oxygen atoms in total. The molecule has 0 bridgehead atoms. The fourth-order valence-corrected chi connectivity index (χ4v) is 2.33. The lowest BCUT2D eigenvalue weighted by molar-refractivity contribution is -0.142. The molecule has 0 aromatic rings. The van der Waals surface area contributed by atoms with Gasteiger partial charge < -0.3 is 20.4 Å². The molecule has 6 heteroatoms. The zero-order valence-electron chi connectivity index (χ0n) is 12.8. The van der Waals surface area contributed by atoms with Crippen molar-refractivity contribution in [1.82, 2.24) is 10.2 Å². The van der Waals surface area contributed by atoms with Crippen LogP contribution in [0.1, 0.15) is 47.0 Å². The van der Waals surface area contributed by atoms with Crippen molar-refractivity contribution in [2.24, 2.45) is 5.41 Å². The molecule has 2 atom stereocenters. The highest BCUT2D eigenvalue weighted by atomic mass is 16.4. The molecule has 1 fully saturated rings. The number of carboxylic acids is 1. The SMILES string of the molecule is CC1(O)CCCN(C(=O)N[C@H](C(=O)O)C(C)(C)C)CC1. The van der Waals surface area contributed by atoms with E-state index in [1.165, 1.54) is 0 Å². The van der Waals surface area contributed by atoms with Gasteiger partial charge in [-0.2, -0.15) is 0 Å². The number of likely N-dealkylation sites (tertiary alicyclic amines) is 1. The Bertz CT molecular complexity index is 374. The van der Waals surface area contributed by atoms with Gasteiger partial charge in [-0.25, -0.2) is 9.59 Å². The van der Waals surface area contributed by atoms with Gasteiger partial charge in [0.1, 0.15) is 6.04 Å². The lowest BCUT2D eigenvalue weighted by Gasteiger charge is -2.30. The van der Waals surface area contributed by atoms with Gasteiger partial charge in [0.25, 0.3) is 0 Å². The average molecular weight is 286 g/mol. The third-order valence-electron chi connectivity index (χ3n) is 3.73. The second kappa shape index (κ2) is 5.99. The van der Waals surface area contributed by atoms with Gasteiger partial charge >= 0.3 is 12.0 Å². The number of aliphatic carboxylic acids is 1. The molecule has 0 spiro atoms. The summed E-state index contributed by atoms with van der Waals surface area (Å²) in [6.45, 7) is 8.08. The second-order valence-electron chi connectivity index (χ2n) is 6.92. The Labute approximate surface area is 120 Å². The first-order valence-corrected chi connectivity index (χ1v) is 7.03. The number of aliphatic hydroxyl groups is 1. The second-order valence-corrected chi connectivity index (χ2v) is 6.92. The molecule has 1 rings (SSSR count). The van der Waals surface area contributed by atoms with Crippen LogP contribution >= 0.6 is 0 Å². The van der Waals surface area contributed by atoms with Crippen molar-refractivity contribution in [3.05, 3.63) is 0 Å². The van der Waals surface area contributed by atoms with Crippen molar-refractivity contribution in [2.45, 2.75) is 58.6 Å². The molecule has 116 valence electrons. The molecule has 1 aliphatic heterocycles. The molecule has 20 heavy (non-hydrogen) atoms. The lowest BCUT2D eigenvalue weighted by Crippen LogP contribution is -2.53. The molecule has 2 amide bonds. The van der Waals surface area contributed by atoms with Crippen LogP contribution in [-0.2, 0) is 4.79 Å². The summed E-state index contributed by atoms with van der Waals surface area (Å²) in [5, 5.41) is 21.8. The first-order chi connectivity index (χ1) is 9.03. The number of nitrogens with one attached hydrogen (secondary N) is 1. The van der Waals surface area contributed by atoms with Gasteiger partial charge in [-0.1, -0.05) is 20.8 Å². The third kappa shape index (κ3) is 4.67. The van der Waals surface area contributed by atoms with Crippen molar-refractivity contribution in [3.8, 4) is 0 Å². The standard InChI is InChI=1S/C14H26N2O4/c1-13(2,3)10(11(17)18)15-12(19)16-8-5-6-14(4,20)7-9-16/h10,20H,5-9H2,1-4H3,(H,15,19)(H,17,18)/t10-,14?/m1/s1. The molecule has 0 radical (unpaired) electrons. The fourth-order valence-electron chi connectivity index (χ4n) is 2.33. The zero-order chi connectivity index (χ0) is 15.6. The van der Waals surface area contributed by atoms with Gasteiger partial charge in [0.2, 0.25) is 0 Å². The van der Waals surface area contributed by atoms with E-state index in [2.05, 4.69) is 5.32 Å². The van der Waals surface area contributed by atoms with Crippen LogP contribution in [0.5, 0.6) is 0 Å². The van der Waals surface area contributed by atoms with E-state index in [9.17, 15) is 19.8 Å². The van der Waals surface area contributed by atoms with Gasteiger partial charge in [0, 0.05) is 13.1 Å². The molecule has 1 unspecified atom stereocenters. The van der Waals surface area contributed by atoms with E-state index in [0.29, 0.717) is 32.4 Å². The number of carbonyl (C=O) groups is 2. The van der Waals surface area contributed by atoms with Crippen molar-refractivity contribution >= 4 is 12.0 Å². The van der Waals surface area contributed by atoms with Crippen LogP contribution in [0.25, 0.3) is 0 Å². The normalized spacial score (nSPS) is 25.8. The Morgan fingerprint density at radius 3 is 2.35 bits per heavy atom. The van der Waals surface area contributed by atoms with Crippen LogP contribution in [0.3, 0.4) is 0 Å². The Morgan fingerprint density at radius 2 is 1.85 bits per heavy atom. The Kier molecular flexibility index (Phi) is 5.02. The molecule has 0 aliphatic carbocycles. The van der Waals surface area contributed by atoms with Gasteiger partial charge in [0.15, 0.2) is 0 Å². The van der Waals surface area contributed by atoms with E-state index in [1.807, 2.05) is 0 Å². The Morgan fingerprint density at radius 1 is 1.25 bits per heavy atom. The van der Waals surface area contributed by atoms with Gasteiger partial charge in [-0.3, -0.25) is 0 Å². The summed E-state index contributed by atoms with van der Waals surface area (Å²) < 4.78 is 0. The van der Waals surface area contributed by atoms with E-state index in [-0.39, 0.29) is 6.03 Å². The van der Waals surface area contributed by atoms with Crippen molar-refractivity contribution in [3.63, 3.8) is 0 Å². The summed E-state index contributed by atoms with van der Waals surface area (Å²) in [6.07, 6.45) is 1.87. The summed E-state index contributed by atoms with van der Waals surface area (Å²) in [5.41, 5.74) is -1.30. The number of hydrogen-bond donors (Lipinski definition) is 3. The molecule has 1 heterocycles. The maximum absolute atomic E-state index is 12.2. The largest absolute Gasteiger partial charge is 0.480 e. The van der Waals surface area contributed by atoms with Crippen LogP contribution in [0.2, 0.25) is 0 Å². The number of carbonyl (C=O) groups excluding carboxylic acids is 1. The Hall–Kier alpha value is -1.30. The van der Waals surface area contributed by atoms with E-state index >= 15 is 0 Å². The minimum absolute atomic E-state index is 0.370. The van der Waals surface area contributed by atoms with Crippen LogP contribution < -0.4 is 5.32 Å². The Balaban J connectivity index is 2.68. The molecular weight excluding hydrogens is 260 g/mol. The molecule has 1 aliphatic rings. The van der Waals surface area contributed by atoms with Gasteiger partial charge in [0.05, 0.1) is 5.60 Å². The number of rotatable bonds is 2. The molecular formula is C14H26N2O4. The predicted molar refractivity (Wildman–Crippen MR) is 75.5 cm³/mol. The summed E-state index contributed by atoms with van der Waals surface area (Å²) in [7, 11) is 0. The summed E-state index contributed by atoms with van der Waals surface area (Å²) >= 11 is 0. The van der Waals surface area contributed by atoms with Crippen molar-refractivity contribution < 1.29 is 19.8 Å². The van der Waals surface area contributed by atoms with Crippen LogP contribution in [0.4, 0.5) is 4.79 Å². The van der Waals surface area contributed by atoms with Crippen molar-refractivity contribution in [1.29, 1.82) is 0 Å². The maximum Gasteiger partial charge on any atom is 0.326 e. The first kappa shape index (κ1) is 16.8. The van der Waals surface area contributed by atoms with Crippen LogP contribution in [0.15, 0.2) is 0 Å². The smallest absolute Gasteiger partial charge is 0.326 e. The summed E-state index contributed by atoms with van der Waals surface area (Å²) in [6, 6.07) is -1.30. The zero-order valence-corrected chi connectivity index (χ0v) is 12.8. The third-order valence-corrected chi connectivity index (χ3v) is 3.73. The quantitative estimate of drug-likeness (QED) is 0.716. The number of nitrogens with zero attached hydrogens (tertiary/aromatic N) is 1. The highest BCUT2D eigenvalue weighted by Gasteiger charge is 2.34. The number of urea groups is 1. The van der Waals surface area contributed by atoms with Gasteiger partial charge in [-0.05, 0) is 31.6 Å². The fraction of sp³-hybridized carbons (Fsp3) is 0.857. The lowest BCUT2D eigenvalue weighted by atomic mass is 9.87. The van der Waals surface area contributed by atoms with Crippen molar-refractivity contribution in [2.75, 3.05) is 13.1 Å². The highest BCUT2D eigenvalue weighted by molar-refractivity contribution is 5.83. The summed E-state index contributed by atoms with van der Waals surface area (Å²) in [4.78, 5) is 25.0. The minimum atomic E-state index is -1.03. The molecule has 0 aromatic heterocycles. The van der Waals surface area contributed by atoms with Crippen LogP contribution in [-0.4, -0.2) is 51.8 Å². The molecule has 0 saturated carbocycles. The van der Waals surface area contributed by atoms with E-state index in [0.717, 1.165) is 0 Å². The monoisotopic (exact) mass is 286 g/mol. The maximum atomic E-state index is 12.2. The van der Waals surface area contributed by atoms with E-state index < -0.39 is 23.0 Å². The summed E-state index contributed by atoms with van der Waals surface area (Å²) in [5.74, 6) is -1.03. The number of carboxylic acid groups (broad SMARTS) is 1. The highest BCUT2D eigenvalue weighted by Crippen LogP contribution is 2.23. The first-order valence-electron chi connectivity index (χ1n) is 7.03. The molecule has 0 aromatic carbocycles. The van der Waals surface area contributed by atoms with E-state index in [1.54, 1.807) is 32.6 Å². The van der Waals surface area contributed by atoms with Crippen LogP contribution in [0, 0.1) is 5.41 Å². The average Bonchev–Trinajstić information content (AvgIpc) is 2.44. The van der Waals surface area contributed by atoms with E-state index in [4.69, 9.17) is 0 Å². The molecule has 1 saturated heterocycles. The van der Waals surface area contributed by atoms with Gasteiger partial charge in [-0.15, -0.1) is 0 Å². The number of hydrogen-bond acceptors (Lipinski definition) is 3. The minimum Gasteiger partial charge on any atom is -0.480 e. The predicted octanol–water partition coefficient (Wildman–Crippen LogP) is 1.43. The topological polar surface area (TPSA) is 89.9 Å². The number of amides is 2.